The van der Waals surface area contributed by atoms with Crippen LogP contribution in [-0.2, 0) is 4.79 Å². The van der Waals surface area contributed by atoms with Gasteiger partial charge in [0.2, 0.25) is 0 Å². The lowest BCUT2D eigenvalue weighted by molar-refractivity contribution is -0.119. The van der Waals surface area contributed by atoms with E-state index in [1.807, 2.05) is 12.1 Å². The summed E-state index contributed by atoms with van der Waals surface area (Å²) >= 11 is 0. The summed E-state index contributed by atoms with van der Waals surface area (Å²) in [4.78, 5) is 16.3. The lowest BCUT2D eigenvalue weighted by Crippen LogP contribution is -2.21. The van der Waals surface area contributed by atoms with Gasteiger partial charge in [0.1, 0.15) is 17.2 Å². The number of hydrogen-bond acceptors (Lipinski definition) is 5. The van der Waals surface area contributed by atoms with Crippen LogP contribution in [0.4, 0.5) is 0 Å². The molecule has 0 aliphatic rings. The Labute approximate surface area is 241 Å². The summed E-state index contributed by atoms with van der Waals surface area (Å²) in [6.07, 6.45) is 19.4. The van der Waals surface area contributed by atoms with E-state index in [-0.39, 0.29) is 9.52 Å². The summed E-state index contributed by atoms with van der Waals surface area (Å²) in [6.45, 7) is 9.85. The minimum absolute atomic E-state index is 0.371. The van der Waals surface area contributed by atoms with Crippen LogP contribution < -0.4 is 10.1 Å². The first kappa shape index (κ1) is 33.1. The zero-order valence-electron chi connectivity index (χ0n) is 25.4. The molecule has 2 heterocycles. The van der Waals surface area contributed by atoms with E-state index >= 15 is 0 Å². The molecule has 2 unspecified atom stereocenters. The van der Waals surface area contributed by atoms with Crippen LogP contribution in [0.3, 0.4) is 0 Å². The molecule has 0 aromatic carbocycles. The van der Waals surface area contributed by atoms with Crippen molar-refractivity contribution in [3.8, 4) is 17.1 Å². The molecule has 0 saturated carbocycles. The number of rotatable bonds is 23. The molecule has 0 spiro atoms. The van der Waals surface area contributed by atoms with Crippen molar-refractivity contribution in [3.63, 3.8) is 0 Å². The Bertz CT molecular complexity index is 889. The Morgan fingerprint density at radius 2 is 1.46 bits per heavy atom. The summed E-state index contributed by atoms with van der Waals surface area (Å²) in [5.41, 5.74) is 1.62. The molecule has 39 heavy (non-hydrogen) atoms. The van der Waals surface area contributed by atoms with Gasteiger partial charge in [0.25, 0.3) is 0 Å². The van der Waals surface area contributed by atoms with Crippen molar-refractivity contribution < 1.29 is 9.53 Å². The summed E-state index contributed by atoms with van der Waals surface area (Å²) in [7, 11) is -0.385. The van der Waals surface area contributed by atoms with Crippen molar-refractivity contribution in [2.24, 2.45) is 11.8 Å². The number of pyridine rings is 1. The largest absolute Gasteiger partial charge is 0.492 e. The number of unbranched alkanes of at least 4 members (excludes halogenated alkanes) is 6. The lowest BCUT2D eigenvalue weighted by atomic mass is 9.96. The highest BCUT2D eigenvalue weighted by molar-refractivity contribution is 6.52. The fourth-order valence-electron chi connectivity index (χ4n) is 4.95. The molecule has 6 heteroatoms. The lowest BCUT2D eigenvalue weighted by Gasteiger charge is -2.12. The second-order valence-corrected chi connectivity index (χ2v) is 13.4. The summed E-state index contributed by atoms with van der Waals surface area (Å²) in [5, 5.41) is 10.2. The van der Waals surface area contributed by atoms with Crippen LogP contribution in [0.2, 0.25) is 6.04 Å². The highest BCUT2D eigenvalue weighted by Gasteiger charge is 2.08. The normalized spacial score (nSPS) is 13.1. The van der Waals surface area contributed by atoms with Gasteiger partial charge in [-0.1, -0.05) is 97.9 Å². The predicted molar refractivity (Wildman–Crippen MR) is 168 cm³/mol. The predicted octanol–water partition coefficient (Wildman–Crippen LogP) is 7.86. The second kappa shape index (κ2) is 20.8. The van der Waals surface area contributed by atoms with Gasteiger partial charge < -0.3 is 4.74 Å². The van der Waals surface area contributed by atoms with Crippen LogP contribution in [0.25, 0.3) is 11.4 Å². The first-order valence-electron chi connectivity index (χ1n) is 15.9. The molecule has 0 N–H and O–H groups in total. The molecule has 0 bridgehead atoms. The van der Waals surface area contributed by atoms with E-state index in [0.717, 1.165) is 54.7 Å². The smallest absolute Gasteiger partial charge is 0.137 e. The first-order valence-corrected chi connectivity index (χ1v) is 17.7. The van der Waals surface area contributed by atoms with E-state index in [1.165, 1.54) is 69.1 Å². The number of ether oxygens (including phenoxy) is 1. The molecule has 0 amide bonds. The van der Waals surface area contributed by atoms with Gasteiger partial charge in [-0.15, -0.1) is 5.10 Å². The van der Waals surface area contributed by atoms with Crippen LogP contribution >= 0.6 is 0 Å². The maximum absolute atomic E-state index is 11.7. The van der Waals surface area contributed by atoms with Crippen molar-refractivity contribution in [3.05, 3.63) is 30.5 Å². The number of aromatic nitrogens is 3. The molecular weight excluding hydrogens is 498 g/mol. The molecule has 2 aromatic heterocycles. The third kappa shape index (κ3) is 15.3. The van der Waals surface area contributed by atoms with Crippen LogP contribution in [0.1, 0.15) is 124 Å². The molecule has 0 aliphatic heterocycles. The number of ketones is 1. The van der Waals surface area contributed by atoms with Gasteiger partial charge in [0, 0.05) is 18.2 Å². The van der Waals surface area contributed by atoms with E-state index in [0.29, 0.717) is 25.2 Å². The van der Waals surface area contributed by atoms with Crippen LogP contribution in [0.15, 0.2) is 30.5 Å². The van der Waals surface area contributed by atoms with E-state index < -0.39 is 0 Å². The van der Waals surface area contributed by atoms with Gasteiger partial charge >= 0.3 is 0 Å². The molecule has 2 aromatic rings. The third-order valence-electron chi connectivity index (χ3n) is 7.73. The average Bonchev–Trinajstić information content (AvgIpc) is 2.95. The number of nitrogens with zero attached hydrogens (tertiary/aromatic N) is 3. The Morgan fingerprint density at radius 3 is 2.13 bits per heavy atom. The second-order valence-electron chi connectivity index (χ2n) is 11.6. The maximum atomic E-state index is 11.7. The minimum atomic E-state index is -0.385. The zero-order chi connectivity index (χ0) is 28.1. The van der Waals surface area contributed by atoms with Gasteiger partial charge in [0.15, 0.2) is 0 Å². The standard InChI is InChI=1S/C33H55N3O2Si/c1-5-7-10-15-27(3)16-11-9-12-17-28(4)26-39-33-23-22-32(35-36-33)31-21-20-30(25-34-31)38-24-14-13-19-29(37)18-8-6-2/h20-23,25,27-28H,5-19,24,26,39H2,1-4H3. The topological polar surface area (TPSA) is 65.0 Å². The highest BCUT2D eigenvalue weighted by Crippen LogP contribution is 2.20. The molecular formula is C33H55N3O2Si. The van der Waals surface area contributed by atoms with Crippen molar-refractivity contribution in [1.29, 1.82) is 0 Å². The van der Waals surface area contributed by atoms with Gasteiger partial charge in [-0.05, 0) is 55.4 Å². The number of carbonyl (C=O) groups excluding carboxylic acids is 1. The minimum Gasteiger partial charge on any atom is -0.492 e. The Morgan fingerprint density at radius 1 is 0.769 bits per heavy atom. The van der Waals surface area contributed by atoms with Crippen LogP contribution in [-0.4, -0.2) is 37.1 Å². The average molecular weight is 554 g/mol. The third-order valence-corrected chi connectivity index (χ3v) is 9.90. The van der Waals surface area contributed by atoms with Gasteiger partial charge in [-0.3, -0.25) is 9.78 Å². The molecule has 218 valence electrons. The summed E-state index contributed by atoms with van der Waals surface area (Å²) in [6, 6.07) is 9.39. The van der Waals surface area contributed by atoms with E-state index in [1.54, 1.807) is 6.20 Å². The molecule has 0 radical (unpaired) electrons. The Kier molecular flexibility index (Phi) is 17.6. The van der Waals surface area contributed by atoms with Crippen molar-refractivity contribution >= 4 is 20.6 Å². The summed E-state index contributed by atoms with van der Waals surface area (Å²) in [5.74, 6) is 2.81. The molecule has 5 nitrogen and oxygen atoms in total. The first-order chi connectivity index (χ1) is 19.0. The molecule has 0 fully saturated rings. The maximum Gasteiger partial charge on any atom is 0.137 e. The molecule has 0 saturated heterocycles. The van der Waals surface area contributed by atoms with Gasteiger partial charge in [-0.25, -0.2) is 0 Å². The zero-order valence-corrected chi connectivity index (χ0v) is 26.8. The van der Waals surface area contributed by atoms with Crippen LogP contribution in [0.5, 0.6) is 5.75 Å². The van der Waals surface area contributed by atoms with Crippen molar-refractivity contribution in [1.82, 2.24) is 15.2 Å². The van der Waals surface area contributed by atoms with Crippen LogP contribution in [0, 0.1) is 11.8 Å². The highest BCUT2D eigenvalue weighted by atomic mass is 28.2. The monoisotopic (exact) mass is 553 g/mol. The van der Waals surface area contributed by atoms with E-state index in [9.17, 15) is 4.79 Å². The number of Topliss-reactive ketones (excluding diaryl/α,β-unsaturated/α-hetero) is 1. The Hall–Kier alpha value is -2.08. The molecule has 0 aliphatic carbocycles. The summed E-state index contributed by atoms with van der Waals surface area (Å²) < 4.78 is 5.80. The fourth-order valence-corrected chi connectivity index (χ4v) is 6.48. The molecule has 2 rings (SSSR count). The van der Waals surface area contributed by atoms with Crippen molar-refractivity contribution in [2.75, 3.05) is 6.61 Å². The van der Waals surface area contributed by atoms with Gasteiger partial charge in [-0.2, -0.15) is 5.10 Å². The quantitative estimate of drug-likeness (QED) is 0.103. The fraction of sp³-hybridized carbons (Fsp3) is 0.697. The molecule has 2 atom stereocenters. The van der Waals surface area contributed by atoms with E-state index in [4.69, 9.17) is 4.74 Å². The number of hydrogen-bond donors (Lipinski definition) is 0. The number of carbonyl (C=O) groups is 1. The van der Waals surface area contributed by atoms with E-state index in [2.05, 4.69) is 55.0 Å². The SMILES string of the molecule is CCCCCC(C)CCCCCC(C)C[SiH2]c1ccc(-c2ccc(OCCCCC(=O)CCCC)cn2)nn1. The Balaban J connectivity index is 1.60. The van der Waals surface area contributed by atoms with Gasteiger partial charge in [0.05, 0.1) is 28.0 Å². The van der Waals surface area contributed by atoms with Crippen molar-refractivity contribution in [2.45, 2.75) is 130 Å².